The van der Waals surface area contributed by atoms with Gasteiger partial charge in [0.15, 0.2) is 11.5 Å². The van der Waals surface area contributed by atoms with Gasteiger partial charge in [-0.2, -0.15) is 0 Å². The Bertz CT molecular complexity index is 435. The fourth-order valence-corrected chi connectivity index (χ4v) is 1.26. The zero-order chi connectivity index (χ0) is 15.7. The molecule has 0 radical (unpaired) electrons. The summed E-state index contributed by atoms with van der Waals surface area (Å²) in [5, 5.41) is 9.60. The number of phenols is 1. The van der Waals surface area contributed by atoms with E-state index in [-0.39, 0.29) is 5.75 Å². The van der Waals surface area contributed by atoms with Crippen LogP contribution in [0.1, 0.15) is 12.5 Å². The molecule has 0 fully saturated rings. The standard InChI is InChI=1S/C10H15NO3.C4H7NO/c1-13-8-5-7(3-4-11)6-9(14-2)10(8)12;1-3(2)4(5)6/h5-6,12H,3-4,11H2,1-2H3;1H2,2H3,(H2,5,6). The monoisotopic (exact) mass is 282 g/mol. The number of benzene rings is 1. The van der Waals surface area contributed by atoms with E-state index in [0.717, 1.165) is 12.0 Å². The Morgan fingerprint density at radius 3 is 1.95 bits per heavy atom. The first kappa shape index (κ1) is 17.8. The summed E-state index contributed by atoms with van der Waals surface area (Å²) in [6.07, 6.45) is 0.729. The van der Waals surface area contributed by atoms with E-state index in [1.807, 2.05) is 0 Å². The molecule has 0 aliphatic heterocycles. The highest BCUT2D eigenvalue weighted by Crippen LogP contribution is 2.36. The zero-order valence-electron chi connectivity index (χ0n) is 12.1. The molecule has 20 heavy (non-hydrogen) atoms. The van der Waals surface area contributed by atoms with Crippen molar-refractivity contribution in [2.24, 2.45) is 11.5 Å². The number of hydrogen-bond donors (Lipinski definition) is 3. The van der Waals surface area contributed by atoms with E-state index in [1.165, 1.54) is 14.2 Å². The molecule has 5 N–H and O–H groups in total. The summed E-state index contributed by atoms with van der Waals surface area (Å²) in [6, 6.07) is 3.51. The molecule has 0 saturated heterocycles. The molecule has 1 aromatic carbocycles. The molecule has 0 heterocycles. The number of rotatable bonds is 5. The third-order valence-corrected chi connectivity index (χ3v) is 2.39. The van der Waals surface area contributed by atoms with E-state index >= 15 is 0 Å². The second-order valence-corrected chi connectivity index (χ2v) is 4.03. The molecule has 6 heteroatoms. The summed E-state index contributed by atoms with van der Waals surface area (Å²) in [5.74, 6) is 0.409. The summed E-state index contributed by atoms with van der Waals surface area (Å²) in [7, 11) is 3.00. The number of nitrogens with two attached hydrogens (primary N) is 2. The Morgan fingerprint density at radius 2 is 1.70 bits per heavy atom. The van der Waals surface area contributed by atoms with E-state index in [9.17, 15) is 9.90 Å². The van der Waals surface area contributed by atoms with E-state index in [2.05, 4.69) is 6.58 Å². The molecule has 0 atom stereocenters. The van der Waals surface area contributed by atoms with Gasteiger partial charge in [0.2, 0.25) is 11.7 Å². The molecule has 1 amide bonds. The third kappa shape index (κ3) is 5.62. The fourth-order valence-electron chi connectivity index (χ4n) is 1.26. The molecular formula is C14H22N2O4. The van der Waals surface area contributed by atoms with Gasteiger partial charge in [0.05, 0.1) is 14.2 Å². The molecule has 0 aliphatic carbocycles. The van der Waals surface area contributed by atoms with Crippen molar-refractivity contribution in [1.29, 1.82) is 0 Å². The van der Waals surface area contributed by atoms with E-state index in [1.54, 1.807) is 19.1 Å². The van der Waals surface area contributed by atoms with Crippen LogP contribution >= 0.6 is 0 Å². The van der Waals surface area contributed by atoms with Crippen molar-refractivity contribution in [1.82, 2.24) is 0 Å². The Kier molecular flexibility index (Phi) is 7.84. The maximum absolute atomic E-state index is 9.82. The van der Waals surface area contributed by atoms with Crippen LogP contribution in [0.4, 0.5) is 0 Å². The molecule has 0 unspecified atom stereocenters. The number of hydrogen-bond acceptors (Lipinski definition) is 5. The highest BCUT2D eigenvalue weighted by atomic mass is 16.5. The van der Waals surface area contributed by atoms with Gasteiger partial charge in [-0.25, -0.2) is 0 Å². The number of carbonyl (C=O) groups excluding carboxylic acids is 1. The Morgan fingerprint density at radius 1 is 1.30 bits per heavy atom. The van der Waals surface area contributed by atoms with Crippen LogP contribution in [0.15, 0.2) is 24.3 Å². The summed E-state index contributed by atoms with van der Waals surface area (Å²) in [5.41, 5.74) is 11.5. The van der Waals surface area contributed by atoms with Crippen molar-refractivity contribution >= 4 is 5.91 Å². The van der Waals surface area contributed by atoms with E-state index in [0.29, 0.717) is 23.6 Å². The summed E-state index contributed by atoms with van der Waals surface area (Å²) >= 11 is 0. The minimum absolute atomic E-state index is 0.0239. The number of phenolic OH excluding ortho intramolecular Hbond substituents is 1. The summed E-state index contributed by atoms with van der Waals surface area (Å²) in [6.45, 7) is 5.40. The average Bonchev–Trinajstić information content (AvgIpc) is 2.41. The number of amides is 1. The van der Waals surface area contributed by atoms with Crippen LogP contribution in [-0.2, 0) is 11.2 Å². The van der Waals surface area contributed by atoms with Gasteiger partial charge in [0, 0.05) is 5.57 Å². The van der Waals surface area contributed by atoms with Crippen molar-refractivity contribution in [3.8, 4) is 17.2 Å². The van der Waals surface area contributed by atoms with Crippen LogP contribution in [0.3, 0.4) is 0 Å². The first-order valence-electron chi connectivity index (χ1n) is 5.96. The number of primary amides is 1. The molecule has 1 aromatic rings. The summed E-state index contributed by atoms with van der Waals surface area (Å²) < 4.78 is 10.0. The molecule has 0 spiro atoms. The quantitative estimate of drug-likeness (QED) is 0.697. The lowest BCUT2D eigenvalue weighted by Gasteiger charge is -2.10. The molecule has 0 bridgehead atoms. The Balaban J connectivity index is 0.000000511. The van der Waals surface area contributed by atoms with Gasteiger partial charge >= 0.3 is 0 Å². The molecule has 0 saturated carbocycles. The first-order chi connectivity index (χ1) is 9.37. The highest BCUT2D eigenvalue weighted by Gasteiger charge is 2.10. The minimum atomic E-state index is -0.435. The van der Waals surface area contributed by atoms with Crippen LogP contribution in [0, 0.1) is 0 Å². The lowest BCUT2D eigenvalue weighted by molar-refractivity contribution is -0.114. The van der Waals surface area contributed by atoms with Gasteiger partial charge in [-0.1, -0.05) is 6.58 Å². The van der Waals surface area contributed by atoms with Gasteiger partial charge in [0.1, 0.15) is 0 Å². The number of aromatic hydroxyl groups is 1. The second kappa shape index (κ2) is 8.82. The maximum Gasteiger partial charge on any atom is 0.243 e. The average molecular weight is 282 g/mol. The van der Waals surface area contributed by atoms with Crippen molar-refractivity contribution < 1.29 is 19.4 Å². The molecule has 6 nitrogen and oxygen atoms in total. The van der Waals surface area contributed by atoms with Crippen molar-refractivity contribution in [3.63, 3.8) is 0 Å². The van der Waals surface area contributed by atoms with Gasteiger partial charge < -0.3 is 26.0 Å². The van der Waals surface area contributed by atoms with E-state index in [4.69, 9.17) is 20.9 Å². The van der Waals surface area contributed by atoms with Gasteiger partial charge in [-0.15, -0.1) is 0 Å². The van der Waals surface area contributed by atoms with Gasteiger partial charge in [-0.3, -0.25) is 4.79 Å². The third-order valence-electron chi connectivity index (χ3n) is 2.39. The van der Waals surface area contributed by atoms with Gasteiger partial charge in [0.25, 0.3) is 0 Å². The van der Waals surface area contributed by atoms with Crippen LogP contribution in [0.25, 0.3) is 0 Å². The van der Waals surface area contributed by atoms with Crippen LogP contribution in [-0.4, -0.2) is 31.8 Å². The van der Waals surface area contributed by atoms with Crippen LogP contribution < -0.4 is 20.9 Å². The predicted molar refractivity (Wildman–Crippen MR) is 78.0 cm³/mol. The SMILES string of the molecule is C=C(C)C(N)=O.COc1cc(CCN)cc(OC)c1O. The minimum Gasteiger partial charge on any atom is -0.502 e. The van der Waals surface area contributed by atoms with Crippen molar-refractivity contribution in [2.45, 2.75) is 13.3 Å². The smallest absolute Gasteiger partial charge is 0.243 e. The number of methoxy groups -OCH3 is 2. The highest BCUT2D eigenvalue weighted by molar-refractivity contribution is 5.90. The fraction of sp³-hybridized carbons (Fsp3) is 0.357. The second-order valence-electron chi connectivity index (χ2n) is 4.03. The number of ether oxygens (including phenoxy) is 2. The van der Waals surface area contributed by atoms with E-state index < -0.39 is 5.91 Å². The first-order valence-corrected chi connectivity index (χ1v) is 5.96. The molecule has 112 valence electrons. The van der Waals surface area contributed by atoms with Crippen LogP contribution in [0.5, 0.6) is 17.2 Å². The van der Waals surface area contributed by atoms with Crippen LogP contribution in [0.2, 0.25) is 0 Å². The lowest BCUT2D eigenvalue weighted by atomic mass is 10.1. The maximum atomic E-state index is 9.82. The summed E-state index contributed by atoms with van der Waals surface area (Å²) in [4.78, 5) is 9.82. The number of carbonyl (C=O) groups is 1. The Labute approximate surface area is 119 Å². The molecule has 0 aliphatic rings. The topological polar surface area (TPSA) is 108 Å². The zero-order valence-corrected chi connectivity index (χ0v) is 12.1. The van der Waals surface area contributed by atoms with Gasteiger partial charge in [-0.05, 0) is 37.6 Å². The normalized spacial score (nSPS) is 9.20. The molecule has 0 aromatic heterocycles. The predicted octanol–water partition coefficient (Wildman–Crippen LogP) is 0.958. The van der Waals surface area contributed by atoms with Crippen molar-refractivity contribution in [2.75, 3.05) is 20.8 Å². The largest absolute Gasteiger partial charge is 0.502 e. The Hall–Kier alpha value is -2.21. The molecule has 1 rings (SSSR count). The van der Waals surface area contributed by atoms with Crippen molar-refractivity contribution in [3.05, 3.63) is 29.8 Å². The lowest BCUT2D eigenvalue weighted by Crippen LogP contribution is -2.10. The molecular weight excluding hydrogens is 260 g/mol.